The maximum absolute atomic E-state index is 12.8. The molecule has 0 aliphatic heterocycles. The second-order valence-electron chi connectivity index (χ2n) is 5.06. The van der Waals surface area contributed by atoms with E-state index >= 15 is 0 Å². The molecule has 1 aliphatic carbocycles. The van der Waals surface area contributed by atoms with Gasteiger partial charge in [0.15, 0.2) is 0 Å². The highest BCUT2D eigenvalue weighted by Gasteiger charge is 2.65. The molecule has 1 rings (SSSR count). The van der Waals surface area contributed by atoms with Crippen LogP contribution in [0.2, 0.25) is 0 Å². The van der Waals surface area contributed by atoms with Crippen molar-refractivity contribution in [3.05, 3.63) is 11.9 Å². The molecule has 2 nitrogen and oxygen atoms in total. The van der Waals surface area contributed by atoms with Gasteiger partial charge in [0.25, 0.3) is 0 Å². The van der Waals surface area contributed by atoms with Crippen LogP contribution in [0, 0.1) is 17.3 Å². The number of carboxylic acids is 1. The summed E-state index contributed by atoms with van der Waals surface area (Å²) in [5, 5.41) is 9.00. The molecule has 0 aromatic heterocycles. The highest BCUT2D eigenvalue weighted by atomic mass is 79.9. The van der Waals surface area contributed by atoms with Crippen LogP contribution in [0.15, 0.2) is 11.9 Å². The molecule has 0 amide bonds. The number of allylic oxidation sites excluding steroid dienone is 2. The predicted octanol–water partition coefficient (Wildman–Crippen LogP) is 4.29. The Kier molecular flexibility index (Phi) is 4.77. The standard InChI is InChI=1S/C11H12Br2F4O2/c1-10(2)6(7(10)9(18)19)8(13)4(12)3-5(14)11(15,16)17/h3-4,6-8H,1-2H3,(H,18,19)/b5-3+/t4?,6-,7-,8?/m0/s1. The van der Waals surface area contributed by atoms with Crippen LogP contribution >= 0.6 is 31.9 Å². The van der Waals surface area contributed by atoms with Gasteiger partial charge in [-0.25, -0.2) is 4.39 Å². The van der Waals surface area contributed by atoms with Crippen molar-refractivity contribution < 1.29 is 27.5 Å². The molecule has 1 saturated carbocycles. The van der Waals surface area contributed by atoms with E-state index in [0.29, 0.717) is 6.08 Å². The van der Waals surface area contributed by atoms with Crippen LogP contribution in [0.3, 0.4) is 0 Å². The van der Waals surface area contributed by atoms with Gasteiger partial charge in [0.2, 0.25) is 5.83 Å². The molecule has 1 N–H and O–H groups in total. The number of rotatable bonds is 4. The summed E-state index contributed by atoms with van der Waals surface area (Å²) < 4.78 is 49.0. The summed E-state index contributed by atoms with van der Waals surface area (Å²) in [6, 6.07) is 0. The van der Waals surface area contributed by atoms with E-state index in [-0.39, 0.29) is 5.92 Å². The number of hydrogen-bond donors (Lipinski definition) is 1. The molecule has 8 heteroatoms. The van der Waals surface area contributed by atoms with Gasteiger partial charge >= 0.3 is 12.1 Å². The van der Waals surface area contributed by atoms with Gasteiger partial charge in [-0.1, -0.05) is 45.7 Å². The van der Waals surface area contributed by atoms with Crippen molar-refractivity contribution in [2.24, 2.45) is 17.3 Å². The Labute approximate surface area is 124 Å². The van der Waals surface area contributed by atoms with Gasteiger partial charge in [-0.2, -0.15) is 13.2 Å². The monoisotopic (exact) mass is 410 g/mol. The summed E-state index contributed by atoms with van der Waals surface area (Å²) in [7, 11) is 0. The summed E-state index contributed by atoms with van der Waals surface area (Å²) in [5.41, 5.74) is -0.533. The molecule has 110 valence electrons. The Morgan fingerprint density at radius 1 is 1.37 bits per heavy atom. The van der Waals surface area contributed by atoms with Crippen LogP contribution < -0.4 is 0 Å². The first-order chi connectivity index (χ1) is 8.40. The minimum atomic E-state index is -5.02. The van der Waals surface area contributed by atoms with E-state index in [1.165, 1.54) is 0 Å². The molecule has 0 spiro atoms. The van der Waals surface area contributed by atoms with Gasteiger partial charge < -0.3 is 5.11 Å². The minimum Gasteiger partial charge on any atom is -0.481 e. The third-order valence-electron chi connectivity index (χ3n) is 3.40. The molecule has 0 saturated heterocycles. The fraction of sp³-hybridized carbons (Fsp3) is 0.727. The van der Waals surface area contributed by atoms with E-state index in [9.17, 15) is 22.4 Å². The second kappa shape index (κ2) is 5.35. The largest absolute Gasteiger partial charge is 0.481 e. The zero-order valence-corrected chi connectivity index (χ0v) is 13.2. The van der Waals surface area contributed by atoms with E-state index in [0.717, 1.165) is 0 Å². The van der Waals surface area contributed by atoms with Crippen LogP contribution in [0.25, 0.3) is 0 Å². The third kappa shape index (κ3) is 3.51. The quantitative estimate of drug-likeness (QED) is 0.553. The van der Waals surface area contributed by atoms with E-state index in [1.807, 2.05) is 0 Å². The van der Waals surface area contributed by atoms with Gasteiger partial charge in [-0.3, -0.25) is 4.79 Å². The van der Waals surface area contributed by atoms with Gasteiger partial charge in [0, 0.05) is 9.65 Å². The zero-order chi connectivity index (χ0) is 15.2. The molecular formula is C11H12Br2F4O2. The van der Waals surface area contributed by atoms with Crippen molar-refractivity contribution in [3.63, 3.8) is 0 Å². The molecule has 1 fully saturated rings. The molecule has 0 aromatic rings. The Hall–Kier alpha value is -0.110. The first-order valence-corrected chi connectivity index (χ1v) is 7.19. The molecule has 0 radical (unpaired) electrons. The average molecular weight is 412 g/mol. The van der Waals surface area contributed by atoms with E-state index < -0.39 is 39.0 Å². The molecular weight excluding hydrogens is 400 g/mol. The molecule has 0 bridgehead atoms. The van der Waals surface area contributed by atoms with Crippen LogP contribution in [-0.2, 0) is 4.79 Å². The van der Waals surface area contributed by atoms with Crippen LogP contribution in [-0.4, -0.2) is 26.9 Å². The average Bonchev–Trinajstić information content (AvgIpc) is 2.78. The van der Waals surface area contributed by atoms with E-state index in [4.69, 9.17) is 5.11 Å². The number of carboxylic acid groups (broad SMARTS) is 1. The fourth-order valence-corrected chi connectivity index (χ4v) is 3.97. The fourth-order valence-electron chi connectivity index (χ4n) is 2.27. The lowest BCUT2D eigenvalue weighted by Crippen LogP contribution is -2.20. The van der Waals surface area contributed by atoms with Crippen LogP contribution in [0.5, 0.6) is 0 Å². The number of carbonyl (C=O) groups is 1. The summed E-state index contributed by atoms with van der Waals surface area (Å²) in [5.74, 6) is -4.21. The van der Waals surface area contributed by atoms with Crippen LogP contribution in [0.1, 0.15) is 13.8 Å². The van der Waals surface area contributed by atoms with Gasteiger partial charge in [-0.15, -0.1) is 0 Å². The topological polar surface area (TPSA) is 37.3 Å². The van der Waals surface area contributed by atoms with Gasteiger partial charge in [0.1, 0.15) is 0 Å². The molecule has 0 heterocycles. The zero-order valence-electron chi connectivity index (χ0n) is 10.0. The lowest BCUT2D eigenvalue weighted by atomic mass is 10.1. The number of alkyl halides is 5. The van der Waals surface area contributed by atoms with Crippen molar-refractivity contribution in [1.82, 2.24) is 0 Å². The minimum absolute atomic E-state index is 0.369. The number of aliphatic carboxylic acids is 1. The van der Waals surface area contributed by atoms with Crippen molar-refractivity contribution >= 4 is 37.8 Å². The van der Waals surface area contributed by atoms with Crippen LogP contribution in [0.4, 0.5) is 17.6 Å². The lowest BCUT2D eigenvalue weighted by molar-refractivity contribution is -0.139. The smallest absolute Gasteiger partial charge is 0.442 e. The molecule has 2 unspecified atom stereocenters. The third-order valence-corrected chi connectivity index (χ3v) is 6.08. The van der Waals surface area contributed by atoms with Gasteiger partial charge in [-0.05, 0) is 17.4 Å². The summed E-state index contributed by atoms with van der Waals surface area (Å²) in [6.45, 7) is 3.43. The predicted molar refractivity (Wildman–Crippen MR) is 69.1 cm³/mol. The highest BCUT2D eigenvalue weighted by molar-refractivity contribution is 9.12. The SMILES string of the molecule is CC1(C)[C@H](C(=O)O)[C@H]1C(Br)C(Br)/C=C(/F)C(F)(F)F. The molecule has 0 aromatic carbocycles. The molecule has 4 atom stereocenters. The Morgan fingerprint density at radius 2 is 1.84 bits per heavy atom. The van der Waals surface area contributed by atoms with Gasteiger partial charge in [0.05, 0.1) is 5.92 Å². The highest BCUT2D eigenvalue weighted by Crippen LogP contribution is 2.62. The Bertz CT molecular complexity index is 406. The summed E-state index contributed by atoms with van der Waals surface area (Å²) >= 11 is 6.11. The maximum atomic E-state index is 12.8. The first kappa shape index (κ1) is 16.9. The summed E-state index contributed by atoms with van der Waals surface area (Å²) in [6.07, 6.45) is -4.61. The Balaban J connectivity index is 2.81. The second-order valence-corrected chi connectivity index (χ2v) is 7.18. The molecule has 1 aliphatic rings. The number of hydrogen-bond acceptors (Lipinski definition) is 1. The van der Waals surface area contributed by atoms with E-state index in [2.05, 4.69) is 31.9 Å². The van der Waals surface area contributed by atoms with E-state index in [1.54, 1.807) is 13.8 Å². The molecule has 19 heavy (non-hydrogen) atoms. The van der Waals surface area contributed by atoms with Crippen molar-refractivity contribution in [2.75, 3.05) is 0 Å². The maximum Gasteiger partial charge on any atom is 0.442 e. The van der Waals surface area contributed by atoms with Crippen molar-refractivity contribution in [3.8, 4) is 0 Å². The van der Waals surface area contributed by atoms with Crippen molar-refractivity contribution in [2.45, 2.75) is 29.7 Å². The normalized spacial score (nSPS) is 29.8. The Morgan fingerprint density at radius 3 is 2.16 bits per heavy atom. The first-order valence-electron chi connectivity index (χ1n) is 5.36. The number of halogens is 6. The van der Waals surface area contributed by atoms with Crippen molar-refractivity contribution in [1.29, 1.82) is 0 Å². The summed E-state index contributed by atoms with van der Waals surface area (Å²) in [4.78, 5) is 9.45. The lowest BCUT2D eigenvalue weighted by Gasteiger charge is -2.15.